The van der Waals surface area contributed by atoms with Crippen LogP contribution in [0.2, 0.25) is 0 Å². The monoisotopic (exact) mass is 260 g/mol. The predicted octanol–water partition coefficient (Wildman–Crippen LogP) is 0.741. The van der Waals surface area contributed by atoms with Gasteiger partial charge in [0, 0.05) is 18.7 Å². The van der Waals surface area contributed by atoms with E-state index in [1.807, 2.05) is 0 Å². The number of benzene rings is 1. The molecule has 0 fully saturated rings. The minimum atomic E-state index is -0.683. The van der Waals surface area contributed by atoms with Crippen LogP contribution < -0.4 is 15.6 Å². The summed E-state index contributed by atoms with van der Waals surface area (Å²) >= 11 is 0. The molecule has 7 heteroatoms. The summed E-state index contributed by atoms with van der Waals surface area (Å²) in [6.45, 7) is -0.461. The van der Waals surface area contributed by atoms with Crippen LogP contribution in [0.3, 0.4) is 0 Å². The van der Waals surface area contributed by atoms with Crippen LogP contribution in [0, 0.1) is 11.6 Å². The lowest BCUT2D eigenvalue weighted by atomic mass is 10.2. The number of hydrazine groups is 1. The summed E-state index contributed by atoms with van der Waals surface area (Å²) in [5.74, 6) is -1.92. The van der Waals surface area contributed by atoms with E-state index in [-0.39, 0.29) is 24.5 Å². The summed E-state index contributed by atoms with van der Waals surface area (Å²) in [4.78, 5) is 11.0. The number of rotatable bonds is 6. The number of hydrogen-bond acceptors (Lipinski definition) is 4. The predicted molar refractivity (Wildman–Crippen MR) is 59.8 cm³/mol. The van der Waals surface area contributed by atoms with E-state index < -0.39 is 17.5 Å². The van der Waals surface area contributed by atoms with Crippen LogP contribution in [-0.4, -0.2) is 26.7 Å². The van der Waals surface area contributed by atoms with Gasteiger partial charge in [0.25, 0.3) is 5.91 Å². The first kappa shape index (κ1) is 14.3. The zero-order valence-corrected chi connectivity index (χ0v) is 10.0. The lowest BCUT2D eigenvalue weighted by Gasteiger charge is -2.08. The summed E-state index contributed by atoms with van der Waals surface area (Å²) in [6, 6.07) is 1.91. The summed E-state index contributed by atoms with van der Waals surface area (Å²) in [6.07, 6.45) is 0. The molecule has 2 N–H and O–H groups in total. The van der Waals surface area contributed by atoms with Crippen LogP contribution in [0.15, 0.2) is 12.1 Å². The van der Waals surface area contributed by atoms with Crippen LogP contribution in [0.1, 0.15) is 5.56 Å². The molecule has 0 aliphatic carbocycles. The van der Waals surface area contributed by atoms with E-state index in [0.717, 1.165) is 12.1 Å². The smallest absolute Gasteiger partial charge is 0.260 e. The lowest BCUT2D eigenvalue weighted by molar-refractivity contribution is -0.127. The van der Waals surface area contributed by atoms with Gasteiger partial charge in [0.2, 0.25) is 0 Å². The SMILES string of the molecule is CNNC(=O)COCc1cc(F)c(OC)cc1F. The lowest BCUT2D eigenvalue weighted by Crippen LogP contribution is -2.36. The van der Waals surface area contributed by atoms with Gasteiger partial charge in [-0.15, -0.1) is 0 Å². The highest BCUT2D eigenvalue weighted by atomic mass is 19.1. The largest absolute Gasteiger partial charge is 0.494 e. The Morgan fingerprint density at radius 2 is 2.06 bits per heavy atom. The zero-order chi connectivity index (χ0) is 13.5. The maximum Gasteiger partial charge on any atom is 0.260 e. The fourth-order valence-electron chi connectivity index (χ4n) is 1.27. The normalized spacial score (nSPS) is 10.2. The van der Waals surface area contributed by atoms with Gasteiger partial charge >= 0.3 is 0 Å². The molecule has 1 aromatic rings. The van der Waals surface area contributed by atoms with E-state index in [1.54, 1.807) is 0 Å². The number of carbonyl (C=O) groups is 1. The summed E-state index contributed by atoms with van der Waals surface area (Å²) in [7, 11) is 2.77. The second-order valence-corrected chi connectivity index (χ2v) is 3.37. The number of nitrogens with one attached hydrogen (secondary N) is 2. The topological polar surface area (TPSA) is 59.6 Å². The molecule has 0 aliphatic rings. The van der Waals surface area contributed by atoms with E-state index in [9.17, 15) is 13.6 Å². The fourth-order valence-corrected chi connectivity index (χ4v) is 1.27. The maximum absolute atomic E-state index is 13.5. The average molecular weight is 260 g/mol. The van der Waals surface area contributed by atoms with Crippen molar-refractivity contribution < 1.29 is 23.0 Å². The van der Waals surface area contributed by atoms with Crippen LogP contribution in [0.25, 0.3) is 0 Å². The van der Waals surface area contributed by atoms with Gasteiger partial charge in [0.05, 0.1) is 13.7 Å². The molecule has 0 aromatic heterocycles. The number of hydrogen-bond donors (Lipinski definition) is 2. The van der Waals surface area contributed by atoms with Gasteiger partial charge in [-0.25, -0.2) is 14.2 Å². The standard InChI is InChI=1S/C11H14F2N2O3/c1-14-15-11(16)6-18-5-7-3-9(13)10(17-2)4-8(7)12/h3-4,14H,5-6H2,1-2H3,(H,15,16). The third-order valence-corrected chi connectivity index (χ3v) is 2.08. The molecule has 0 spiro atoms. The first-order chi connectivity index (χ1) is 8.58. The van der Waals surface area contributed by atoms with Gasteiger partial charge in [-0.3, -0.25) is 10.2 Å². The van der Waals surface area contributed by atoms with Crippen molar-refractivity contribution in [3.8, 4) is 5.75 Å². The van der Waals surface area contributed by atoms with Gasteiger partial charge in [-0.2, -0.15) is 0 Å². The summed E-state index contributed by atoms with van der Waals surface area (Å²) in [5, 5.41) is 0. The molecule has 1 aromatic carbocycles. The van der Waals surface area contributed by atoms with Crippen molar-refractivity contribution >= 4 is 5.91 Å². The first-order valence-electron chi connectivity index (χ1n) is 5.13. The number of methoxy groups -OCH3 is 1. The molecule has 5 nitrogen and oxygen atoms in total. The number of ether oxygens (including phenoxy) is 2. The van der Waals surface area contributed by atoms with Crippen molar-refractivity contribution in [3.05, 3.63) is 29.3 Å². The Labute approximate surface area is 103 Å². The van der Waals surface area contributed by atoms with Crippen molar-refractivity contribution in [2.24, 2.45) is 0 Å². The van der Waals surface area contributed by atoms with Gasteiger partial charge in [0.15, 0.2) is 11.6 Å². The Balaban J connectivity index is 2.57. The van der Waals surface area contributed by atoms with Crippen LogP contribution in [0.4, 0.5) is 8.78 Å². The molecular formula is C11H14F2N2O3. The summed E-state index contributed by atoms with van der Waals surface area (Å²) < 4.78 is 36.3. The molecule has 100 valence electrons. The zero-order valence-electron chi connectivity index (χ0n) is 10.0. The highest BCUT2D eigenvalue weighted by molar-refractivity contribution is 5.76. The van der Waals surface area contributed by atoms with E-state index in [0.29, 0.717) is 0 Å². The third kappa shape index (κ3) is 3.94. The molecule has 0 bridgehead atoms. The first-order valence-corrected chi connectivity index (χ1v) is 5.13. The highest BCUT2D eigenvalue weighted by Gasteiger charge is 2.11. The minimum Gasteiger partial charge on any atom is -0.494 e. The quantitative estimate of drug-likeness (QED) is 0.741. The van der Waals surface area contributed by atoms with Gasteiger partial charge < -0.3 is 9.47 Å². The molecule has 0 unspecified atom stereocenters. The Morgan fingerprint density at radius 1 is 1.33 bits per heavy atom. The Kier molecular flexibility index (Phi) is 5.47. The van der Waals surface area contributed by atoms with Crippen molar-refractivity contribution in [3.63, 3.8) is 0 Å². The molecule has 0 radical (unpaired) electrons. The van der Waals surface area contributed by atoms with Gasteiger partial charge in [-0.1, -0.05) is 0 Å². The molecule has 18 heavy (non-hydrogen) atoms. The van der Waals surface area contributed by atoms with Crippen LogP contribution in [-0.2, 0) is 16.1 Å². The molecule has 0 heterocycles. The number of halogens is 2. The number of amides is 1. The molecule has 0 saturated carbocycles. The van der Waals surface area contributed by atoms with E-state index in [1.165, 1.54) is 14.2 Å². The molecule has 1 amide bonds. The van der Waals surface area contributed by atoms with E-state index >= 15 is 0 Å². The third-order valence-electron chi connectivity index (χ3n) is 2.08. The second-order valence-electron chi connectivity index (χ2n) is 3.37. The van der Waals surface area contributed by atoms with Crippen LogP contribution >= 0.6 is 0 Å². The highest BCUT2D eigenvalue weighted by Crippen LogP contribution is 2.21. The van der Waals surface area contributed by atoms with Crippen LogP contribution in [0.5, 0.6) is 5.75 Å². The molecule has 1 rings (SSSR count). The molecule has 0 atom stereocenters. The number of carbonyl (C=O) groups excluding carboxylic acids is 1. The Morgan fingerprint density at radius 3 is 2.67 bits per heavy atom. The van der Waals surface area contributed by atoms with Crippen molar-refractivity contribution in [1.29, 1.82) is 0 Å². The van der Waals surface area contributed by atoms with E-state index in [2.05, 4.69) is 15.6 Å². The Bertz CT molecular complexity index is 427. The molecule has 0 aliphatic heterocycles. The minimum absolute atomic E-state index is 0.0190. The van der Waals surface area contributed by atoms with E-state index in [4.69, 9.17) is 4.74 Å². The maximum atomic E-state index is 13.5. The Hall–Kier alpha value is -1.73. The van der Waals surface area contributed by atoms with Crippen molar-refractivity contribution in [2.45, 2.75) is 6.61 Å². The molecule has 0 saturated heterocycles. The summed E-state index contributed by atoms with van der Waals surface area (Å²) in [5.41, 5.74) is 4.71. The molecular weight excluding hydrogens is 246 g/mol. The fraction of sp³-hybridized carbons (Fsp3) is 0.364. The average Bonchev–Trinajstić information content (AvgIpc) is 2.33. The van der Waals surface area contributed by atoms with Crippen molar-refractivity contribution in [1.82, 2.24) is 10.9 Å². The van der Waals surface area contributed by atoms with Gasteiger partial charge in [-0.05, 0) is 6.07 Å². The van der Waals surface area contributed by atoms with Crippen molar-refractivity contribution in [2.75, 3.05) is 20.8 Å². The second kappa shape index (κ2) is 6.87. The van der Waals surface area contributed by atoms with Gasteiger partial charge in [0.1, 0.15) is 12.4 Å².